The molecule has 142 valence electrons. The summed E-state index contributed by atoms with van der Waals surface area (Å²) >= 11 is 0. The Balaban J connectivity index is 1.31. The minimum absolute atomic E-state index is 0.477. The smallest absolute Gasteiger partial charge is 0.194 e. The zero-order chi connectivity index (χ0) is 18.2. The summed E-state index contributed by atoms with van der Waals surface area (Å²) in [5.74, 6) is 3.20. The lowest BCUT2D eigenvalue weighted by Gasteiger charge is -2.23. The van der Waals surface area contributed by atoms with Crippen LogP contribution in [0.4, 0.5) is 0 Å². The van der Waals surface area contributed by atoms with E-state index in [1.807, 2.05) is 30.6 Å². The van der Waals surface area contributed by atoms with Gasteiger partial charge in [0.05, 0.1) is 18.8 Å². The quantitative estimate of drug-likeness (QED) is 0.661. The number of hydrogen-bond donors (Lipinski definition) is 1. The van der Waals surface area contributed by atoms with Gasteiger partial charge in [0.15, 0.2) is 11.8 Å². The molecular weight excluding hydrogens is 340 g/mol. The molecule has 3 fully saturated rings. The number of nitrogens with one attached hydrogen (secondary N) is 1. The lowest BCUT2D eigenvalue weighted by atomic mass is 9.82. The van der Waals surface area contributed by atoms with E-state index in [1.54, 1.807) is 10.9 Å². The third-order valence-corrected chi connectivity index (χ3v) is 6.05. The van der Waals surface area contributed by atoms with E-state index in [1.165, 1.54) is 12.8 Å². The Morgan fingerprint density at radius 3 is 2.78 bits per heavy atom. The first-order valence-electron chi connectivity index (χ1n) is 9.95. The second-order valence-corrected chi connectivity index (χ2v) is 7.67. The monoisotopic (exact) mass is 366 g/mol. The van der Waals surface area contributed by atoms with Gasteiger partial charge in [-0.1, -0.05) is 0 Å². The van der Waals surface area contributed by atoms with E-state index in [9.17, 15) is 0 Å². The first-order chi connectivity index (χ1) is 13.3. The van der Waals surface area contributed by atoms with Crippen molar-refractivity contribution in [3.8, 4) is 5.82 Å². The number of aliphatic imine (C=N–C) groups is 1. The summed E-state index contributed by atoms with van der Waals surface area (Å²) < 4.78 is 7.88. The van der Waals surface area contributed by atoms with Gasteiger partial charge in [-0.15, -0.1) is 0 Å². The highest BCUT2D eigenvalue weighted by Crippen LogP contribution is 2.47. The Labute approximate surface area is 159 Å². The predicted octanol–water partition coefficient (Wildman–Crippen LogP) is 1.84. The van der Waals surface area contributed by atoms with E-state index < -0.39 is 0 Å². The molecule has 0 aromatic carbocycles. The van der Waals surface area contributed by atoms with Crippen LogP contribution in [0.2, 0.25) is 0 Å². The average molecular weight is 366 g/mol. The lowest BCUT2D eigenvalue weighted by molar-refractivity contribution is 0.0767. The Morgan fingerprint density at radius 2 is 2.07 bits per heavy atom. The van der Waals surface area contributed by atoms with Gasteiger partial charge in [-0.2, -0.15) is 5.10 Å². The highest BCUT2D eigenvalue weighted by molar-refractivity contribution is 5.80. The van der Waals surface area contributed by atoms with Gasteiger partial charge in [-0.3, -0.25) is 0 Å². The minimum Gasteiger partial charge on any atom is -0.374 e. The fourth-order valence-electron chi connectivity index (χ4n) is 4.81. The van der Waals surface area contributed by atoms with Crippen LogP contribution in [0.25, 0.3) is 5.82 Å². The lowest BCUT2D eigenvalue weighted by Crippen LogP contribution is -2.41. The summed E-state index contributed by atoms with van der Waals surface area (Å²) in [4.78, 5) is 11.7. The molecule has 0 spiro atoms. The van der Waals surface area contributed by atoms with Crippen LogP contribution in [0.3, 0.4) is 0 Å². The summed E-state index contributed by atoms with van der Waals surface area (Å²) in [6, 6.07) is 5.97. The van der Waals surface area contributed by atoms with E-state index in [2.05, 4.69) is 27.2 Å². The molecule has 3 aliphatic rings. The van der Waals surface area contributed by atoms with Crippen LogP contribution in [-0.4, -0.2) is 57.5 Å². The zero-order valence-corrected chi connectivity index (χ0v) is 15.7. The molecule has 0 amide bonds. The summed E-state index contributed by atoms with van der Waals surface area (Å²) in [6.45, 7) is 5.76. The zero-order valence-electron chi connectivity index (χ0n) is 15.7. The Bertz CT molecular complexity index is 802. The molecule has 0 radical (unpaired) electrons. The molecule has 4 atom stereocenters. The molecule has 3 aliphatic heterocycles. The van der Waals surface area contributed by atoms with Crippen LogP contribution >= 0.6 is 0 Å². The molecule has 0 aliphatic carbocycles. The Hall–Kier alpha value is -2.41. The van der Waals surface area contributed by atoms with Crippen LogP contribution in [0, 0.1) is 11.8 Å². The van der Waals surface area contributed by atoms with Crippen molar-refractivity contribution in [2.24, 2.45) is 16.8 Å². The third kappa shape index (κ3) is 3.10. The van der Waals surface area contributed by atoms with Crippen LogP contribution in [0.15, 0.2) is 41.8 Å². The van der Waals surface area contributed by atoms with Gasteiger partial charge in [0, 0.05) is 50.1 Å². The topological polar surface area (TPSA) is 67.6 Å². The number of aromatic nitrogens is 3. The standard InChI is InChI=1S/C20H26N6O/c1-2-21-20(25-12-15-16(13-25)18-5-4-17(15)27-18)23-11-14-6-8-22-19(10-14)26-9-3-7-24-26/h3,6-10,15-18H,2,4-5,11-13H2,1H3,(H,21,23). The molecule has 7 heteroatoms. The van der Waals surface area contributed by atoms with Crippen molar-refractivity contribution in [3.63, 3.8) is 0 Å². The van der Waals surface area contributed by atoms with Crippen molar-refractivity contribution >= 4 is 5.96 Å². The molecule has 5 heterocycles. The largest absolute Gasteiger partial charge is 0.374 e. The number of guanidine groups is 1. The highest BCUT2D eigenvalue weighted by Gasteiger charge is 2.53. The molecule has 0 saturated carbocycles. The minimum atomic E-state index is 0.477. The number of hydrogen-bond acceptors (Lipinski definition) is 4. The number of nitrogens with zero attached hydrogens (tertiary/aromatic N) is 5. The van der Waals surface area contributed by atoms with Crippen molar-refractivity contribution in [2.45, 2.75) is 38.5 Å². The molecule has 5 rings (SSSR count). The van der Waals surface area contributed by atoms with Crippen LogP contribution in [0.5, 0.6) is 0 Å². The molecule has 3 saturated heterocycles. The molecule has 1 N–H and O–H groups in total. The van der Waals surface area contributed by atoms with Gasteiger partial charge in [-0.05, 0) is 43.5 Å². The number of likely N-dealkylation sites (tertiary alicyclic amines) is 1. The summed E-state index contributed by atoms with van der Waals surface area (Å²) in [5.41, 5.74) is 1.13. The first kappa shape index (κ1) is 16.7. The van der Waals surface area contributed by atoms with Gasteiger partial charge in [-0.25, -0.2) is 14.7 Å². The van der Waals surface area contributed by atoms with Crippen LogP contribution in [-0.2, 0) is 11.3 Å². The molecule has 2 bridgehead atoms. The fourth-order valence-corrected chi connectivity index (χ4v) is 4.81. The normalized spacial score (nSPS) is 29.4. The van der Waals surface area contributed by atoms with Gasteiger partial charge >= 0.3 is 0 Å². The number of pyridine rings is 1. The summed E-state index contributed by atoms with van der Waals surface area (Å²) in [6.07, 6.45) is 8.91. The number of fused-ring (bicyclic) bond motifs is 5. The maximum Gasteiger partial charge on any atom is 0.194 e. The van der Waals surface area contributed by atoms with Crippen molar-refractivity contribution in [1.82, 2.24) is 25.0 Å². The average Bonchev–Trinajstić information content (AvgIpc) is 3.47. The van der Waals surface area contributed by atoms with Gasteiger partial charge in [0.2, 0.25) is 0 Å². The Kier molecular flexibility index (Phi) is 4.32. The second-order valence-electron chi connectivity index (χ2n) is 7.67. The number of ether oxygens (including phenoxy) is 1. The van der Waals surface area contributed by atoms with Crippen LogP contribution < -0.4 is 5.32 Å². The Morgan fingerprint density at radius 1 is 1.26 bits per heavy atom. The second kappa shape index (κ2) is 6.96. The van der Waals surface area contributed by atoms with Gasteiger partial charge in [0.1, 0.15) is 0 Å². The van der Waals surface area contributed by atoms with E-state index in [-0.39, 0.29) is 0 Å². The molecule has 27 heavy (non-hydrogen) atoms. The van der Waals surface area contributed by atoms with Gasteiger partial charge in [0.25, 0.3) is 0 Å². The SMILES string of the molecule is CCNC(=NCc1ccnc(-n2cccn2)c1)N1CC2C3CCC(O3)C2C1. The van der Waals surface area contributed by atoms with E-state index in [0.29, 0.717) is 30.6 Å². The molecule has 7 nitrogen and oxygen atoms in total. The maximum absolute atomic E-state index is 6.10. The van der Waals surface area contributed by atoms with Crippen molar-refractivity contribution in [2.75, 3.05) is 19.6 Å². The molecule has 4 unspecified atom stereocenters. The highest BCUT2D eigenvalue weighted by atomic mass is 16.5. The van der Waals surface area contributed by atoms with E-state index in [4.69, 9.17) is 9.73 Å². The van der Waals surface area contributed by atoms with Gasteiger partial charge < -0.3 is 15.0 Å². The molecular formula is C20H26N6O. The first-order valence-corrected chi connectivity index (χ1v) is 9.95. The fraction of sp³-hybridized carbons (Fsp3) is 0.550. The van der Waals surface area contributed by atoms with Crippen molar-refractivity contribution < 1.29 is 4.74 Å². The van der Waals surface area contributed by atoms with E-state index >= 15 is 0 Å². The summed E-state index contributed by atoms with van der Waals surface area (Å²) in [7, 11) is 0. The third-order valence-electron chi connectivity index (χ3n) is 6.05. The van der Waals surface area contributed by atoms with E-state index in [0.717, 1.165) is 37.0 Å². The van der Waals surface area contributed by atoms with Crippen molar-refractivity contribution in [1.29, 1.82) is 0 Å². The molecule has 2 aromatic heterocycles. The molecule has 2 aromatic rings. The van der Waals surface area contributed by atoms with Crippen molar-refractivity contribution in [3.05, 3.63) is 42.4 Å². The summed E-state index contributed by atoms with van der Waals surface area (Å²) in [5, 5.41) is 7.73. The predicted molar refractivity (Wildman–Crippen MR) is 103 cm³/mol. The number of rotatable bonds is 4. The maximum atomic E-state index is 6.10. The van der Waals surface area contributed by atoms with Crippen LogP contribution in [0.1, 0.15) is 25.3 Å².